The number of carbonyl (C=O) groups excluding carboxylic acids is 1. The zero-order chi connectivity index (χ0) is 20.3. The number of carbonyl (C=O) groups is 1. The maximum atomic E-state index is 12.8. The molecule has 0 unspecified atom stereocenters. The average Bonchev–Trinajstić information content (AvgIpc) is 2.69. The van der Waals surface area contributed by atoms with E-state index in [9.17, 15) is 13.2 Å². The molecule has 0 heterocycles. The molecule has 0 saturated carbocycles. The van der Waals surface area contributed by atoms with Crippen LogP contribution in [0.25, 0.3) is 10.8 Å². The van der Waals surface area contributed by atoms with Crippen molar-refractivity contribution in [1.29, 1.82) is 0 Å². The zero-order valence-electron chi connectivity index (χ0n) is 15.6. The van der Waals surface area contributed by atoms with E-state index in [0.29, 0.717) is 18.8 Å². The molecule has 5 nitrogen and oxygen atoms in total. The first-order valence-corrected chi connectivity index (χ1v) is 10.7. The number of halogens is 1. The van der Waals surface area contributed by atoms with Gasteiger partial charge in [-0.1, -0.05) is 61.8 Å². The molecule has 3 aromatic rings. The van der Waals surface area contributed by atoms with Crippen LogP contribution in [-0.2, 0) is 10.0 Å². The minimum atomic E-state index is -3.80. The topological polar surface area (TPSA) is 63.7 Å². The molecule has 0 saturated heterocycles. The number of hydrogen-bond acceptors (Lipinski definition) is 4. The minimum Gasteiger partial charge on any atom is -0.422 e. The first-order chi connectivity index (χ1) is 13.4. The van der Waals surface area contributed by atoms with Crippen molar-refractivity contribution in [3.05, 3.63) is 71.2 Å². The van der Waals surface area contributed by atoms with Crippen LogP contribution in [0.5, 0.6) is 5.75 Å². The van der Waals surface area contributed by atoms with Gasteiger partial charge in [-0.25, -0.2) is 13.2 Å². The van der Waals surface area contributed by atoms with Crippen molar-refractivity contribution in [2.24, 2.45) is 0 Å². The first-order valence-electron chi connectivity index (χ1n) is 8.88. The van der Waals surface area contributed by atoms with Crippen molar-refractivity contribution < 1.29 is 17.9 Å². The highest BCUT2D eigenvalue weighted by atomic mass is 35.5. The Kier molecular flexibility index (Phi) is 6.03. The molecule has 0 spiro atoms. The molecular formula is C21H20ClNO4S. The van der Waals surface area contributed by atoms with E-state index in [1.54, 1.807) is 26.0 Å². The van der Waals surface area contributed by atoms with Crippen molar-refractivity contribution in [2.75, 3.05) is 13.1 Å². The lowest BCUT2D eigenvalue weighted by atomic mass is 10.1. The third-order valence-corrected chi connectivity index (χ3v) is 6.97. The number of ether oxygens (including phenoxy) is 1. The molecule has 0 aromatic heterocycles. The van der Waals surface area contributed by atoms with Crippen LogP contribution in [0.4, 0.5) is 0 Å². The fourth-order valence-corrected chi connectivity index (χ4v) is 4.93. The van der Waals surface area contributed by atoms with Gasteiger partial charge in [-0.15, -0.1) is 0 Å². The van der Waals surface area contributed by atoms with Crippen LogP contribution < -0.4 is 4.74 Å². The summed E-state index contributed by atoms with van der Waals surface area (Å²) in [6.07, 6.45) is 0. The number of esters is 1. The third kappa shape index (κ3) is 3.90. The number of sulfonamides is 1. The minimum absolute atomic E-state index is 0.0635. The van der Waals surface area contributed by atoms with E-state index in [4.69, 9.17) is 16.3 Å². The normalized spacial score (nSPS) is 11.7. The number of benzene rings is 3. The molecule has 0 N–H and O–H groups in total. The Morgan fingerprint density at radius 2 is 1.68 bits per heavy atom. The van der Waals surface area contributed by atoms with Gasteiger partial charge in [0.05, 0.1) is 10.6 Å². The van der Waals surface area contributed by atoms with Crippen molar-refractivity contribution in [1.82, 2.24) is 4.31 Å². The van der Waals surface area contributed by atoms with Crippen LogP contribution in [0.2, 0.25) is 5.02 Å². The van der Waals surface area contributed by atoms with Crippen LogP contribution in [-0.4, -0.2) is 31.8 Å². The quantitative estimate of drug-likeness (QED) is 0.429. The van der Waals surface area contributed by atoms with Gasteiger partial charge in [0.25, 0.3) is 0 Å². The van der Waals surface area contributed by atoms with E-state index in [-0.39, 0.29) is 15.5 Å². The molecule has 0 aliphatic heterocycles. The number of hydrogen-bond donors (Lipinski definition) is 0. The van der Waals surface area contributed by atoms with Crippen LogP contribution in [0.15, 0.2) is 65.6 Å². The van der Waals surface area contributed by atoms with E-state index in [2.05, 4.69) is 0 Å². The highest BCUT2D eigenvalue weighted by Gasteiger charge is 2.26. The number of nitrogens with zero attached hydrogens (tertiary/aromatic N) is 1. The Labute approximate surface area is 169 Å². The second-order valence-corrected chi connectivity index (χ2v) is 8.41. The van der Waals surface area contributed by atoms with Gasteiger partial charge in [0, 0.05) is 18.5 Å². The van der Waals surface area contributed by atoms with Crippen molar-refractivity contribution in [3.63, 3.8) is 0 Å². The molecule has 7 heteroatoms. The van der Waals surface area contributed by atoms with Crippen LogP contribution in [0, 0.1) is 0 Å². The maximum absolute atomic E-state index is 12.8. The number of rotatable bonds is 6. The Bertz CT molecular complexity index is 1120. The van der Waals surface area contributed by atoms with Crippen molar-refractivity contribution in [2.45, 2.75) is 18.7 Å². The van der Waals surface area contributed by atoms with Gasteiger partial charge < -0.3 is 4.74 Å². The predicted octanol–water partition coefficient (Wildman–Crippen LogP) is 4.74. The standard InChI is InChI=1S/C21H20ClNO4S/c1-3-23(4-2)28(25,26)20-14-16(12-13-18(20)22)21(24)27-19-11-7-9-15-8-5-6-10-17(15)19/h5-14H,3-4H2,1-2H3. The smallest absolute Gasteiger partial charge is 0.343 e. The fourth-order valence-electron chi connectivity index (χ4n) is 2.97. The van der Waals surface area contributed by atoms with Gasteiger partial charge in [-0.05, 0) is 29.7 Å². The predicted molar refractivity (Wildman–Crippen MR) is 110 cm³/mol. The molecule has 0 aliphatic carbocycles. The molecule has 0 fully saturated rings. The molecule has 0 bridgehead atoms. The van der Waals surface area contributed by atoms with Gasteiger partial charge in [0.1, 0.15) is 10.6 Å². The lowest BCUT2D eigenvalue weighted by molar-refractivity contribution is 0.0737. The summed E-state index contributed by atoms with van der Waals surface area (Å²) in [6.45, 7) is 4.10. The molecule has 0 atom stereocenters. The van der Waals surface area contributed by atoms with Gasteiger partial charge >= 0.3 is 5.97 Å². The largest absolute Gasteiger partial charge is 0.422 e. The SMILES string of the molecule is CCN(CC)S(=O)(=O)c1cc(C(=O)Oc2cccc3ccccc23)ccc1Cl. The lowest BCUT2D eigenvalue weighted by Crippen LogP contribution is -2.31. The van der Waals surface area contributed by atoms with Crippen LogP contribution in [0.3, 0.4) is 0 Å². The van der Waals surface area contributed by atoms with E-state index in [1.807, 2.05) is 30.3 Å². The van der Waals surface area contributed by atoms with E-state index in [1.165, 1.54) is 22.5 Å². The third-order valence-electron chi connectivity index (χ3n) is 4.44. The van der Waals surface area contributed by atoms with Gasteiger partial charge in [-0.3, -0.25) is 0 Å². The zero-order valence-corrected chi connectivity index (χ0v) is 17.1. The summed E-state index contributed by atoms with van der Waals surface area (Å²) in [5, 5.41) is 1.80. The van der Waals surface area contributed by atoms with Crippen LogP contribution in [0.1, 0.15) is 24.2 Å². The summed E-state index contributed by atoms with van der Waals surface area (Å²) in [7, 11) is -3.80. The highest BCUT2D eigenvalue weighted by Crippen LogP contribution is 2.28. The van der Waals surface area contributed by atoms with Gasteiger partial charge in [-0.2, -0.15) is 4.31 Å². The van der Waals surface area contributed by atoms with E-state index in [0.717, 1.165) is 10.8 Å². The summed E-state index contributed by atoms with van der Waals surface area (Å²) >= 11 is 6.12. The Morgan fingerprint density at radius 1 is 1.00 bits per heavy atom. The maximum Gasteiger partial charge on any atom is 0.343 e. The second-order valence-electron chi connectivity index (χ2n) is 6.10. The summed E-state index contributed by atoms with van der Waals surface area (Å²) in [5.74, 6) is -0.241. The second kappa shape index (κ2) is 8.31. The summed E-state index contributed by atoms with van der Waals surface area (Å²) < 4.78 is 32.5. The van der Waals surface area contributed by atoms with Gasteiger partial charge in [0.2, 0.25) is 10.0 Å². The Balaban J connectivity index is 1.97. The van der Waals surface area contributed by atoms with E-state index < -0.39 is 16.0 Å². The molecule has 0 radical (unpaired) electrons. The molecule has 28 heavy (non-hydrogen) atoms. The monoisotopic (exact) mass is 417 g/mol. The molecule has 0 aliphatic rings. The fraction of sp³-hybridized carbons (Fsp3) is 0.190. The summed E-state index contributed by atoms with van der Waals surface area (Å²) in [6, 6.07) is 17.1. The Morgan fingerprint density at radius 3 is 2.39 bits per heavy atom. The van der Waals surface area contributed by atoms with Crippen molar-refractivity contribution >= 4 is 38.4 Å². The molecule has 146 valence electrons. The summed E-state index contributed by atoms with van der Waals surface area (Å²) in [4.78, 5) is 12.6. The summed E-state index contributed by atoms with van der Waals surface area (Å²) in [5.41, 5.74) is 0.114. The number of fused-ring (bicyclic) bond motifs is 1. The lowest BCUT2D eigenvalue weighted by Gasteiger charge is -2.19. The Hall–Kier alpha value is -2.41. The first kappa shape index (κ1) is 20.3. The molecule has 3 rings (SSSR count). The average molecular weight is 418 g/mol. The van der Waals surface area contributed by atoms with Crippen LogP contribution >= 0.6 is 11.6 Å². The van der Waals surface area contributed by atoms with Crippen molar-refractivity contribution in [3.8, 4) is 5.75 Å². The highest BCUT2D eigenvalue weighted by molar-refractivity contribution is 7.89. The van der Waals surface area contributed by atoms with E-state index >= 15 is 0 Å². The van der Waals surface area contributed by atoms with Gasteiger partial charge in [0.15, 0.2) is 0 Å². The molecule has 0 amide bonds. The molecular weight excluding hydrogens is 398 g/mol. The molecule has 3 aromatic carbocycles.